The van der Waals surface area contributed by atoms with Gasteiger partial charge in [-0.15, -0.1) is 9.13 Å². The summed E-state index contributed by atoms with van der Waals surface area (Å²) in [6, 6.07) is 55.8. The fourth-order valence-corrected chi connectivity index (χ4v) is 11.8. The summed E-state index contributed by atoms with van der Waals surface area (Å²) in [5.41, 5.74) is 21.8. The second kappa shape index (κ2) is 15.5. The van der Waals surface area contributed by atoms with Crippen molar-refractivity contribution in [3.05, 3.63) is 191 Å². The van der Waals surface area contributed by atoms with Crippen molar-refractivity contribution >= 4 is 11.0 Å². The molecule has 1 atom stereocenters. The first kappa shape index (κ1) is 42.8. The van der Waals surface area contributed by atoms with Crippen LogP contribution in [-0.4, -0.2) is 4.57 Å². The standard InChI is InChI=1S/C67H67N3O/c1-40(2)50-21-17-22-51(41(3)4)59(50)45-29-31-49(32-30-45)69-57-24-18-23-52-53-36-47(64(5,6)7)37-54-58-35-46(44-27-25-43(26-28-44)42-19-15-14-16-20-42)33-34-68(58)67(60(53)54)70(61(52)57)63(69)55-38-48(65(8,9)10)39-56(62(55)71-67)66(11,12)13/h14-41H,1-13H3/q+2/i40D,41D. The van der Waals surface area contributed by atoms with Crippen LogP contribution in [0.1, 0.15) is 138 Å². The van der Waals surface area contributed by atoms with Crippen LogP contribution in [0.5, 0.6) is 5.75 Å². The SMILES string of the molecule is [2H]C(C)(C)c1cccc(C([2H])(C)C)c1-c1ccc(-n2c3[n+]4c5c(cccc52)-c2cc(C(C)(C)C)cc5c2C4(Oc2c-3cc(C(C)(C)C)cc2C(C)(C)C)[n+]2ccc(-c3ccc(-c4ccccc4)cc3)cc2-5)cc1. The van der Waals surface area contributed by atoms with Crippen molar-refractivity contribution in [2.24, 2.45) is 0 Å². The normalized spacial score (nSPS) is 16.2. The van der Waals surface area contributed by atoms with E-state index in [2.05, 4.69) is 228 Å². The molecule has 0 saturated heterocycles. The second-order valence-electron chi connectivity index (χ2n) is 23.9. The minimum absolute atomic E-state index is 0.136. The third kappa shape index (κ3) is 6.69. The Labute approximate surface area is 424 Å². The number of hydrogen-bond acceptors (Lipinski definition) is 1. The molecule has 2 aromatic heterocycles. The number of para-hydroxylation sites is 1. The molecule has 3 aliphatic rings. The maximum Gasteiger partial charge on any atom is 0.499 e. The van der Waals surface area contributed by atoms with Crippen LogP contribution in [-0.2, 0) is 22.1 Å². The van der Waals surface area contributed by atoms with Crippen molar-refractivity contribution in [2.45, 2.75) is 124 Å². The predicted molar refractivity (Wildman–Crippen MR) is 294 cm³/mol. The van der Waals surface area contributed by atoms with Gasteiger partial charge in [-0.2, -0.15) is 4.57 Å². The molecule has 9 aromatic rings. The van der Waals surface area contributed by atoms with Crippen molar-refractivity contribution in [3.8, 4) is 78.6 Å². The molecule has 0 N–H and O–H groups in total. The molecule has 12 rings (SSSR count). The lowest BCUT2D eigenvalue weighted by molar-refractivity contribution is -0.997. The number of benzene rings is 7. The van der Waals surface area contributed by atoms with Crippen LogP contribution < -0.4 is 13.9 Å². The number of rotatable bonds is 6. The number of hydrogen-bond donors (Lipinski definition) is 0. The van der Waals surface area contributed by atoms with Crippen molar-refractivity contribution in [1.82, 2.24) is 4.57 Å². The van der Waals surface area contributed by atoms with Gasteiger partial charge in [0.1, 0.15) is 16.8 Å². The zero-order valence-electron chi connectivity index (χ0n) is 45.8. The van der Waals surface area contributed by atoms with Gasteiger partial charge in [0.2, 0.25) is 5.69 Å². The average molecular weight is 932 g/mol. The second-order valence-corrected chi connectivity index (χ2v) is 23.9. The first-order valence-electron chi connectivity index (χ1n) is 26.5. The topological polar surface area (TPSA) is 21.9 Å². The van der Waals surface area contributed by atoms with E-state index in [0.717, 1.165) is 78.5 Å². The van der Waals surface area contributed by atoms with Crippen molar-refractivity contribution in [2.75, 3.05) is 0 Å². The zero-order chi connectivity index (χ0) is 51.5. The number of fused-ring (bicyclic) bond motifs is 5. The fourth-order valence-electron chi connectivity index (χ4n) is 11.8. The Kier molecular flexibility index (Phi) is 9.33. The van der Waals surface area contributed by atoms with E-state index in [9.17, 15) is 2.74 Å². The average Bonchev–Trinajstić information content (AvgIpc) is 3.83. The van der Waals surface area contributed by atoms with E-state index in [0.29, 0.717) is 0 Å². The van der Waals surface area contributed by atoms with Gasteiger partial charge in [0.05, 0.1) is 5.56 Å². The smallest absolute Gasteiger partial charge is 0.392 e. The van der Waals surface area contributed by atoms with E-state index in [-0.39, 0.29) is 16.2 Å². The van der Waals surface area contributed by atoms with Gasteiger partial charge in [0, 0.05) is 31.6 Å². The maximum atomic E-state index is 9.26. The largest absolute Gasteiger partial charge is 0.499 e. The van der Waals surface area contributed by atoms with Gasteiger partial charge in [0.25, 0.3) is 0 Å². The Morgan fingerprint density at radius 3 is 1.70 bits per heavy atom. The molecule has 0 aliphatic carbocycles. The fraction of sp³-hybridized carbons (Fsp3) is 0.284. The van der Waals surface area contributed by atoms with Crippen LogP contribution in [0.3, 0.4) is 0 Å². The monoisotopic (exact) mass is 932 g/mol. The number of aromatic nitrogens is 3. The van der Waals surface area contributed by atoms with Gasteiger partial charge in [0.15, 0.2) is 23.0 Å². The molecule has 4 heteroatoms. The maximum absolute atomic E-state index is 9.26. The summed E-state index contributed by atoms with van der Waals surface area (Å²) < 4.78 is 34.1. The van der Waals surface area contributed by atoms with Gasteiger partial charge in [-0.1, -0.05) is 187 Å². The van der Waals surface area contributed by atoms with Crippen LogP contribution in [0.4, 0.5) is 0 Å². The minimum Gasteiger partial charge on any atom is -0.392 e. The lowest BCUT2D eigenvalue weighted by atomic mass is 9.78. The summed E-state index contributed by atoms with van der Waals surface area (Å²) in [5.74, 6) is -0.903. The molecule has 0 bridgehead atoms. The van der Waals surface area contributed by atoms with Crippen LogP contribution in [0, 0.1) is 0 Å². The number of ether oxygens (including phenoxy) is 1. The first-order chi connectivity index (χ1) is 34.4. The highest BCUT2D eigenvalue weighted by atomic mass is 16.5. The lowest BCUT2D eigenvalue weighted by Crippen LogP contribution is -2.78. The van der Waals surface area contributed by atoms with Crippen LogP contribution >= 0.6 is 0 Å². The van der Waals surface area contributed by atoms with Gasteiger partial charge in [-0.3, -0.25) is 0 Å². The summed E-state index contributed by atoms with van der Waals surface area (Å²) in [6.07, 6.45) is 2.28. The van der Waals surface area contributed by atoms with Crippen molar-refractivity contribution < 1.29 is 16.6 Å². The molecule has 1 unspecified atom stereocenters. The molecule has 7 aromatic carbocycles. The quantitative estimate of drug-likeness (QED) is 0.152. The number of imidazole rings is 1. The Hall–Kier alpha value is -7.04. The Morgan fingerprint density at radius 1 is 0.521 bits per heavy atom. The highest BCUT2D eigenvalue weighted by molar-refractivity contribution is 5.98. The van der Waals surface area contributed by atoms with E-state index in [1.165, 1.54) is 44.5 Å². The molecule has 0 saturated carbocycles. The first-order valence-corrected chi connectivity index (χ1v) is 25.5. The molecule has 354 valence electrons. The third-order valence-electron chi connectivity index (χ3n) is 15.5. The summed E-state index contributed by atoms with van der Waals surface area (Å²) in [6.45, 7) is 28.6. The van der Waals surface area contributed by atoms with Crippen LogP contribution in [0.25, 0.3) is 83.9 Å². The highest BCUT2D eigenvalue weighted by Crippen LogP contribution is 2.56. The molecule has 0 fully saturated rings. The van der Waals surface area contributed by atoms with Gasteiger partial charge >= 0.3 is 11.7 Å². The van der Waals surface area contributed by atoms with Crippen molar-refractivity contribution in [1.29, 1.82) is 0 Å². The van der Waals surface area contributed by atoms with Crippen LogP contribution in [0.15, 0.2) is 158 Å². The van der Waals surface area contributed by atoms with E-state index < -0.39 is 17.6 Å². The van der Waals surface area contributed by atoms with Gasteiger partial charge in [-0.25, -0.2) is 0 Å². The van der Waals surface area contributed by atoms with E-state index >= 15 is 0 Å². The Morgan fingerprint density at radius 2 is 1.08 bits per heavy atom. The molecule has 0 radical (unpaired) electrons. The predicted octanol–water partition coefficient (Wildman–Crippen LogP) is 16.6. The van der Waals surface area contributed by atoms with E-state index in [1.807, 2.05) is 33.8 Å². The summed E-state index contributed by atoms with van der Waals surface area (Å²) in [7, 11) is 0. The molecule has 5 heterocycles. The third-order valence-corrected chi connectivity index (χ3v) is 15.5. The molecule has 0 amide bonds. The molecule has 71 heavy (non-hydrogen) atoms. The summed E-state index contributed by atoms with van der Waals surface area (Å²) in [4.78, 5) is 0. The summed E-state index contributed by atoms with van der Waals surface area (Å²) >= 11 is 0. The van der Waals surface area contributed by atoms with Crippen molar-refractivity contribution in [3.63, 3.8) is 0 Å². The molecular formula is C67H67N3O+2. The number of pyridine rings is 1. The molecule has 3 aliphatic heterocycles. The van der Waals surface area contributed by atoms with Gasteiger partial charge in [-0.05, 0) is 126 Å². The van der Waals surface area contributed by atoms with Crippen LogP contribution in [0.2, 0.25) is 0 Å². The molecule has 4 nitrogen and oxygen atoms in total. The van der Waals surface area contributed by atoms with E-state index in [4.69, 9.17) is 4.74 Å². The molecular weight excluding hydrogens is 863 g/mol. The number of nitrogens with zero attached hydrogens (tertiary/aromatic N) is 3. The molecule has 1 spiro atoms. The lowest BCUT2D eigenvalue weighted by Gasteiger charge is -2.36. The van der Waals surface area contributed by atoms with E-state index in [1.54, 1.807) is 0 Å². The minimum atomic E-state index is -1.12. The summed E-state index contributed by atoms with van der Waals surface area (Å²) in [5, 5.41) is 0. The van der Waals surface area contributed by atoms with Gasteiger partial charge < -0.3 is 4.74 Å². The Bertz CT molecular complexity index is 3720. The highest BCUT2D eigenvalue weighted by Gasteiger charge is 2.69. The Balaban J connectivity index is 1.18. The zero-order valence-corrected chi connectivity index (χ0v) is 43.8.